The number of anilines is 1. The van der Waals surface area contributed by atoms with Crippen molar-refractivity contribution in [1.29, 1.82) is 0 Å². The maximum atomic E-state index is 13.6. The number of amides is 1. The second kappa shape index (κ2) is 7.67. The number of benzene rings is 2. The van der Waals surface area contributed by atoms with Gasteiger partial charge in [-0.2, -0.15) is 0 Å². The Balaban J connectivity index is 1.77. The van der Waals surface area contributed by atoms with Crippen LogP contribution in [0.15, 0.2) is 48.5 Å². The highest BCUT2D eigenvalue weighted by Gasteiger charge is 2.22. The molecule has 27 heavy (non-hydrogen) atoms. The Bertz CT molecular complexity index is 1040. The van der Waals surface area contributed by atoms with Gasteiger partial charge >= 0.3 is 5.97 Å². The molecule has 8 heteroatoms. The maximum Gasteiger partial charge on any atom is 0.339 e. The fourth-order valence-electron chi connectivity index (χ4n) is 2.41. The molecule has 0 bridgehead atoms. The van der Waals surface area contributed by atoms with Crippen LogP contribution >= 0.6 is 11.6 Å². The summed E-state index contributed by atoms with van der Waals surface area (Å²) in [7, 11) is 0. The van der Waals surface area contributed by atoms with Crippen molar-refractivity contribution >= 4 is 40.1 Å². The minimum Gasteiger partial charge on any atom is -0.449 e. The number of halogens is 3. The van der Waals surface area contributed by atoms with Gasteiger partial charge in [0, 0.05) is 11.5 Å². The lowest BCUT2D eigenvalue weighted by atomic mass is 10.1. The number of aromatic nitrogens is 1. The zero-order chi connectivity index (χ0) is 19.6. The van der Waals surface area contributed by atoms with Crippen LogP contribution in [0.1, 0.15) is 17.3 Å². The van der Waals surface area contributed by atoms with Gasteiger partial charge in [-0.25, -0.2) is 18.6 Å². The van der Waals surface area contributed by atoms with Crippen molar-refractivity contribution in [2.24, 2.45) is 0 Å². The molecule has 1 heterocycles. The maximum absolute atomic E-state index is 13.6. The highest BCUT2D eigenvalue weighted by molar-refractivity contribution is 6.30. The van der Waals surface area contributed by atoms with Crippen LogP contribution in [0, 0.1) is 11.6 Å². The summed E-state index contributed by atoms with van der Waals surface area (Å²) < 4.78 is 31.7. The van der Waals surface area contributed by atoms with Gasteiger partial charge in [0.2, 0.25) is 0 Å². The topological polar surface area (TPSA) is 68.3 Å². The molecule has 3 aromatic rings. The molecule has 0 unspecified atom stereocenters. The van der Waals surface area contributed by atoms with Crippen molar-refractivity contribution in [3.8, 4) is 0 Å². The van der Waals surface area contributed by atoms with Crippen LogP contribution in [-0.4, -0.2) is 23.0 Å². The van der Waals surface area contributed by atoms with E-state index in [0.29, 0.717) is 17.0 Å². The van der Waals surface area contributed by atoms with Gasteiger partial charge in [-0.15, -0.1) is 0 Å². The van der Waals surface area contributed by atoms with Gasteiger partial charge < -0.3 is 10.1 Å². The molecule has 1 aromatic heterocycles. The van der Waals surface area contributed by atoms with Crippen LogP contribution in [0.25, 0.3) is 10.9 Å². The van der Waals surface area contributed by atoms with Gasteiger partial charge in [-0.1, -0.05) is 29.8 Å². The molecule has 1 N–H and O–H groups in total. The van der Waals surface area contributed by atoms with E-state index in [4.69, 9.17) is 16.3 Å². The van der Waals surface area contributed by atoms with E-state index in [2.05, 4.69) is 10.3 Å². The molecule has 0 radical (unpaired) electrons. The number of hydrogen-bond acceptors (Lipinski definition) is 4. The highest BCUT2D eigenvalue weighted by Crippen LogP contribution is 2.22. The first kappa shape index (κ1) is 18.7. The van der Waals surface area contributed by atoms with Gasteiger partial charge in [0.25, 0.3) is 5.91 Å². The van der Waals surface area contributed by atoms with Crippen LogP contribution in [0.4, 0.5) is 14.5 Å². The lowest BCUT2D eigenvalue weighted by molar-refractivity contribution is -0.123. The normalized spacial score (nSPS) is 11.9. The number of pyridine rings is 1. The second-order valence-corrected chi connectivity index (χ2v) is 6.06. The third-order valence-corrected chi connectivity index (χ3v) is 3.94. The third-order valence-electron chi connectivity index (χ3n) is 3.75. The summed E-state index contributed by atoms with van der Waals surface area (Å²) in [6, 6.07) is 10.9. The Labute approximate surface area is 157 Å². The summed E-state index contributed by atoms with van der Waals surface area (Å²) >= 11 is 5.93. The van der Waals surface area contributed by atoms with Crippen molar-refractivity contribution in [2.75, 3.05) is 5.32 Å². The Kier molecular flexibility index (Phi) is 5.32. The molecule has 2 aromatic carbocycles. The quantitative estimate of drug-likeness (QED) is 0.531. The number of nitrogens with zero attached hydrogens (tertiary/aromatic N) is 1. The summed E-state index contributed by atoms with van der Waals surface area (Å²) in [6.45, 7) is 1.33. The van der Waals surface area contributed by atoms with E-state index >= 15 is 0 Å². The fourth-order valence-corrected chi connectivity index (χ4v) is 2.61. The molecule has 0 aliphatic rings. The first-order valence-corrected chi connectivity index (χ1v) is 8.25. The number of ether oxygens (including phenoxy) is 1. The molecule has 0 fully saturated rings. The first-order valence-electron chi connectivity index (χ1n) is 7.87. The van der Waals surface area contributed by atoms with Crippen LogP contribution in [0.3, 0.4) is 0 Å². The summed E-state index contributed by atoms with van der Waals surface area (Å²) in [5.41, 5.74) is 0.433. The van der Waals surface area contributed by atoms with Gasteiger partial charge in [0.15, 0.2) is 6.10 Å². The van der Waals surface area contributed by atoms with E-state index in [0.717, 1.165) is 12.1 Å². The van der Waals surface area contributed by atoms with Crippen molar-refractivity contribution in [2.45, 2.75) is 13.0 Å². The van der Waals surface area contributed by atoms with Crippen molar-refractivity contribution in [1.82, 2.24) is 4.98 Å². The minimum atomic E-state index is -1.23. The van der Waals surface area contributed by atoms with Crippen LogP contribution < -0.4 is 5.32 Å². The highest BCUT2D eigenvalue weighted by atomic mass is 35.5. The number of hydrogen-bond donors (Lipinski definition) is 1. The number of carbonyl (C=O) groups excluding carboxylic acids is 2. The molecule has 0 aliphatic carbocycles. The van der Waals surface area contributed by atoms with Crippen LogP contribution in [0.2, 0.25) is 5.15 Å². The van der Waals surface area contributed by atoms with E-state index < -0.39 is 29.6 Å². The second-order valence-electron chi connectivity index (χ2n) is 5.67. The molecule has 5 nitrogen and oxygen atoms in total. The average Bonchev–Trinajstić information content (AvgIpc) is 2.63. The van der Waals surface area contributed by atoms with Gasteiger partial charge in [-0.05, 0) is 31.2 Å². The SMILES string of the molecule is C[C@@H](OC(=O)c1cc(Cl)nc2ccccc12)C(=O)Nc1ccc(F)cc1F. The lowest BCUT2D eigenvalue weighted by Crippen LogP contribution is -2.30. The molecule has 3 rings (SSSR count). The molecule has 0 saturated carbocycles. The van der Waals surface area contributed by atoms with Crippen molar-refractivity contribution < 1.29 is 23.1 Å². The fraction of sp³-hybridized carbons (Fsp3) is 0.105. The standard InChI is InChI=1S/C19H13ClF2N2O3/c1-10(18(25)24-16-7-6-11(21)8-14(16)22)27-19(26)13-9-17(20)23-15-5-3-2-4-12(13)15/h2-10H,1H3,(H,24,25)/t10-/m1/s1. The summed E-state index contributed by atoms with van der Waals surface area (Å²) in [4.78, 5) is 28.7. The number of carbonyl (C=O) groups is 2. The molecule has 1 amide bonds. The number of para-hydroxylation sites is 1. The molecule has 1 atom stereocenters. The van der Waals surface area contributed by atoms with Gasteiger partial charge in [-0.3, -0.25) is 4.79 Å². The smallest absolute Gasteiger partial charge is 0.339 e. The summed E-state index contributed by atoms with van der Waals surface area (Å²) in [5, 5.41) is 2.87. The lowest BCUT2D eigenvalue weighted by Gasteiger charge is -2.15. The number of fused-ring (bicyclic) bond motifs is 1. The molecule has 0 aliphatic heterocycles. The predicted molar refractivity (Wildman–Crippen MR) is 96.6 cm³/mol. The van der Waals surface area contributed by atoms with E-state index in [1.807, 2.05) is 0 Å². The molecular formula is C19H13ClF2N2O3. The van der Waals surface area contributed by atoms with Crippen LogP contribution in [-0.2, 0) is 9.53 Å². The number of esters is 1. The third kappa shape index (κ3) is 4.20. The Morgan fingerprint density at radius 1 is 1.15 bits per heavy atom. The minimum absolute atomic E-state index is 0.103. The Morgan fingerprint density at radius 2 is 1.89 bits per heavy atom. The van der Waals surface area contributed by atoms with Gasteiger partial charge in [0.1, 0.15) is 16.8 Å². The van der Waals surface area contributed by atoms with E-state index in [-0.39, 0.29) is 16.4 Å². The number of rotatable bonds is 4. The Hall–Kier alpha value is -3.06. The van der Waals surface area contributed by atoms with Crippen LogP contribution in [0.5, 0.6) is 0 Å². The van der Waals surface area contributed by atoms with Crippen molar-refractivity contribution in [3.05, 3.63) is 70.9 Å². The summed E-state index contributed by atoms with van der Waals surface area (Å²) in [5.74, 6) is -3.25. The van der Waals surface area contributed by atoms with E-state index in [1.165, 1.54) is 13.0 Å². The zero-order valence-corrected chi connectivity index (χ0v) is 14.8. The molecular weight excluding hydrogens is 378 g/mol. The zero-order valence-electron chi connectivity index (χ0n) is 14.0. The largest absolute Gasteiger partial charge is 0.449 e. The predicted octanol–water partition coefficient (Wildman–Crippen LogP) is 4.35. The Morgan fingerprint density at radius 3 is 2.63 bits per heavy atom. The average molecular weight is 391 g/mol. The number of nitrogens with one attached hydrogen (secondary N) is 1. The van der Waals surface area contributed by atoms with Gasteiger partial charge in [0.05, 0.1) is 16.8 Å². The molecule has 138 valence electrons. The van der Waals surface area contributed by atoms with E-state index in [1.54, 1.807) is 24.3 Å². The van der Waals surface area contributed by atoms with Crippen molar-refractivity contribution in [3.63, 3.8) is 0 Å². The molecule has 0 spiro atoms. The first-order chi connectivity index (χ1) is 12.8. The summed E-state index contributed by atoms with van der Waals surface area (Å²) in [6.07, 6.45) is -1.23. The monoisotopic (exact) mass is 390 g/mol. The van der Waals surface area contributed by atoms with E-state index in [9.17, 15) is 18.4 Å². The molecule has 0 saturated heterocycles.